The van der Waals surface area contributed by atoms with Crippen LogP contribution in [0.3, 0.4) is 0 Å². The van der Waals surface area contributed by atoms with Crippen molar-refractivity contribution >= 4 is 17.5 Å². The Morgan fingerprint density at radius 3 is 2.92 bits per heavy atom. The Hall–Kier alpha value is -3.09. The number of halogens is 1. The molecule has 25 heavy (non-hydrogen) atoms. The van der Waals surface area contributed by atoms with Gasteiger partial charge in [0.25, 0.3) is 5.91 Å². The van der Waals surface area contributed by atoms with E-state index in [9.17, 15) is 14.0 Å². The summed E-state index contributed by atoms with van der Waals surface area (Å²) in [6, 6.07) is 8.66. The van der Waals surface area contributed by atoms with Crippen LogP contribution in [0.1, 0.15) is 23.6 Å². The predicted molar refractivity (Wildman–Crippen MR) is 86.8 cm³/mol. The number of carbonyl (C=O) groups is 2. The molecule has 0 fully saturated rings. The Kier molecular flexibility index (Phi) is 3.76. The van der Waals surface area contributed by atoms with Crippen LogP contribution in [-0.2, 0) is 16.0 Å². The molecule has 7 heteroatoms. The van der Waals surface area contributed by atoms with Gasteiger partial charge in [-0.2, -0.15) is 0 Å². The van der Waals surface area contributed by atoms with Gasteiger partial charge in [-0.3, -0.25) is 9.59 Å². The third-order valence-electron chi connectivity index (χ3n) is 4.23. The largest absolute Gasteiger partial charge is 0.454 e. The smallest absolute Gasteiger partial charge is 0.251 e. The summed E-state index contributed by atoms with van der Waals surface area (Å²) >= 11 is 0. The summed E-state index contributed by atoms with van der Waals surface area (Å²) in [6.45, 7) is 0.200. The van der Waals surface area contributed by atoms with E-state index in [0.29, 0.717) is 29.2 Å². The van der Waals surface area contributed by atoms with Crippen LogP contribution in [0.5, 0.6) is 11.5 Å². The van der Waals surface area contributed by atoms with Crippen molar-refractivity contribution in [1.82, 2.24) is 5.32 Å². The highest BCUT2D eigenvalue weighted by molar-refractivity contribution is 6.04. The lowest BCUT2D eigenvalue weighted by atomic mass is 10.1. The standard InChI is InChI=1S/C18H15FN2O4/c19-11-3-4-13-12(8-11)17(18(23)20-13)21-16(22)6-2-10-1-5-14-15(7-10)25-9-24-14/h1,3-5,7-8,17H,2,6,9H2,(H,20,23)(H,21,22). The number of amides is 2. The molecule has 2 heterocycles. The van der Waals surface area contributed by atoms with Crippen molar-refractivity contribution in [3.05, 3.63) is 53.3 Å². The molecule has 1 atom stereocenters. The number of hydrogen-bond donors (Lipinski definition) is 2. The minimum absolute atomic E-state index is 0.200. The maximum Gasteiger partial charge on any atom is 0.251 e. The van der Waals surface area contributed by atoms with Crippen molar-refractivity contribution in [3.8, 4) is 11.5 Å². The molecule has 0 spiro atoms. The molecular formula is C18H15FN2O4. The Morgan fingerprint density at radius 1 is 1.20 bits per heavy atom. The molecule has 0 aromatic heterocycles. The van der Waals surface area contributed by atoms with Gasteiger partial charge in [-0.1, -0.05) is 6.07 Å². The molecule has 2 aliphatic heterocycles. The number of rotatable bonds is 4. The molecule has 0 radical (unpaired) electrons. The third kappa shape index (κ3) is 3.00. The van der Waals surface area contributed by atoms with E-state index in [1.807, 2.05) is 12.1 Å². The van der Waals surface area contributed by atoms with Gasteiger partial charge >= 0.3 is 0 Å². The molecule has 0 aliphatic carbocycles. The van der Waals surface area contributed by atoms with E-state index in [4.69, 9.17) is 9.47 Å². The Morgan fingerprint density at radius 2 is 2.04 bits per heavy atom. The van der Waals surface area contributed by atoms with Crippen molar-refractivity contribution in [2.24, 2.45) is 0 Å². The van der Waals surface area contributed by atoms with Crippen LogP contribution in [0.2, 0.25) is 0 Å². The molecule has 2 aromatic carbocycles. The van der Waals surface area contributed by atoms with Gasteiger partial charge < -0.3 is 20.1 Å². The Bertz CT molecular complexity index is 868. The van der Waals surface area contributed by atoms with Crippen LogP contribution < -0.4 is 20.1 Å². The first-order valence-electron chi connectivity index (χ1n) is 7.88. The molecule has 6 nitrogen and oxygen atoms in total. The van der Waals surface area contributed by atoms with Crippen molar-refractivity contribution < 1.29 is 23.5 Å². The maximum atomic E-state index is 13.4. The molecule has 2 amide bonds. The minimum Gasteiger partial charge on any atom is -0.454 e. The van der Waals surface area contributed by atoms with Gasteiger partial charge in [0.2, 0.25) is 12.7 Å². The maximum absolute atomic E-state index is 13.4. The summed E-state index contributed by atoms with van der Waals surface area (Å²) in [7, 11) is 0. The van der Waals surface area contributed by atoms with Crippen LogP contribution in [0.25, 0.3) is 0 Å². The van der Waals surface area contributed by atoms with E-state index in [2.05, 4.69) is 10.6 Å². The fourth-order valence-corrected chi connectivity index (χ4v) is 2.96. The number of hydrogen-bond acceptors (Lipinski definition) is 4. The number of fused-ring (bicyclic) bond motifs is 2. The highest BCUT2D eigenvalue weighted by Gasteiger charge is 2.32. The summed E-state index contributed by atoms with van der Waals surface area (Å²) in [5, 5.41) is 5.29. The first-order chi connectivity index (χ1) is 12.1. The first kappa shape index (κ1) is 15.4. The van der Waals surface area contributed by atoms with Crippen LogP contribution in [0.4, 0.5) is 10.1 Å². The van der Waals surface area contributed by atoms with Gasteiger partial charge in [0, 0.05) is 17.7 Å². The zero-order valence-electron chi connectivity index (χ0n) is 13.2. The second-order valence-electron chi connectivity index (χ2n) is 5.91. The van der Waals surface area contributed by atoms with Crippen molar-refractivity contribution in [1.29, 1.82) is 0 Å². The monoisotopic (exact) mass is 342 g/mol. The SMILES string of the molecule is O=C(CCc1ccc2c(c1)OCO2)NC1C(=O)Nc2ccc(F)cc21. The lowest BCUT2D eigenvalue weighted by Crippen LogP contribution is -2.33. The number of benzene rings is 2. The fourth-order valence-electron chi connectivity index (χ4n) is 2.96. The van der Waals surface area contributed by atoms with Gasteiger partial charge in [0.15, 0.2) is 11.5 Å². The minimum atomic E-state index is -0.866. The quantitative estimate of drug-likeness (QED) is 0.894. The number of ether oxygens (including phenoxy) is 2. The zero-order chi connectivity index (χ0) is 17.4. The summed E-state index contributed by atoms with van der Waals surface area (Å²) < 4.78 is 24.0. The number of anilines is 1. The van der Waals surface area contributed by atoms with Crippen molar-refractivity contribution in [2.75, 3.05) is 12.1 Å². The number of aryl methyl sites for hydroxylation is 1. The summed E-state index contributed by atoms with van der Waals surface area (Å²) in [5.74, 6) is 0.258. The summed E-state index contributed by atoms with van der Waals surface area (Å²) in [6.07, 6.45) is 0.695. The summed E-state index contributed by atoms with van der Waals surface area (Å²) in [5.41, 5.74) is 1.90. The van der Waals surface area contributed by atoms with Gasteiger partial charge in [-0.05, 0) is 42.3 Å². The molecule has 2 N–H and O–H groups in total. The predicted octanol–water partition coefficient (Wildman–Crippen LogP) is 2.30. The van der Waals surface area contributed by atoms with E-state index in [1.54, 1.807) is 6.07 Å². The molecule has 1 unspecified atom stereocenters. The molecule has 0 bridgehead atoms. The fraction of sp³-hybridized carbons (Fsp3) is 0.222. The third-order valence-corrected chi connectivity index (χ3v) is 4.23. The lowest BCUT2D eigenvalue weighted by Gasteiger charge is -2.12. The van der Waals surface area contributed by atoms with E-state index in [0.717, 1.165) is 5.56 Å². The van der Waals surface area contributed by atoms with Gasteiger partial charge in [0.05, 0.1) is 0 Å². The van der Waals surface area contributed by atoms with Crippen molar-refractivity contribution in [3.63, 3.8) is 0 Å². The number of carbonyl (C=O) groups excluding carboxylic acids is 2. The van der Waals surface area contributed by atoms with Crippen LogP contribution in [0.15, 0.2) is 36.4 Å². The first-order valence-corrected chi connectivity index (χ1v) is 7.88. The van der Waals surface area contributed by atoms with E-state index < -0.39 is 11.9 Å². The zero-order valence-corrected chi connectivity index (χ0v) is 13.2. The summed E-state index contributed by atoms with van der Waals surface area (Å²) in [4.78, 5) is 24.2. The van der Waals surface area contributed by atoms with E-state index in [1.165, 1.54) is 18.2 Å². The van der Waals surface area contributed by atoms with E-state index >= 15 is 0 Å². The molecule has 2 aromatic rings. The second kappa shape index (κ2) is 6.08. The molecule has 4 rings (SSSR count). The molecule has 0 saturated heterocycles. The highest BCUT2D eigenvalue weighted by Crippen LogP contribution is 2.33. The van der Waals surface area contributed by atoms with Gasteiger partial charge in [-0.25, -0.2) is 4.39 Å². The van der Waals surface area contributed by atoms with Crippen LogP contribution in [-0.4, -0.2) is 18.6 Å². The molecule has 2 aliphatic rings. The van der Waals surface area contributed by atoms with Crippen LogP contribution in [0, 0.1) is 5.82 Å². The van der Waals surface area contributed by atoms with Crippen molar-refractivity contribution in [2.45, 2.75) is 18.9 Å². The second-order valence-corrected chi connectivity index (χ2v) is 5.91. The molecular weight excluding hydrogens is 327 g/mol. The molecule has 128 valence electrons. The van der Waals surface area contributed by atoms with E-state index in [-0.39, 0.29) is 25.0 Å². The normalized spacial score (nSPS) is 17.2. The average Bonchev–Trinajstić information content (AvgIpc) is 3.17. The topological polar surface area (TPSA) is 76.7 Å². The van der Waals surface area contributed by atoms with Gasteiger partial charge in [0.1, 0.15) is 11.9 Å². The number of nitrogens with one attached hydrogen (secondary N) is 2. The Balaban J connectivity index is 1.40. The Labute approximate surface area is 142 Å². The highest BCUT2D eigenvalue weighted by atomic mass is 19.1. The van der Waals surface area contributed by atoms with Crippen LogP contribution >= 0.6 is 0 Å². The molecule has 0 saturated carbocycles. The van der Waals surface area contributed by atoms with Gasteiger partial charge in [-0.15, -0.1) is 0 Å². The average molecular weight is 342 g/mol. The lowest BCUT2D eigenvalue weighted by molar-refractivity contribution is -0.126.